The van der Waals surface area contributed by atoms with Gasteiger partial charge >= 0.3 is 0 Å². The molecular weight excluding hydrogens is 248 g/mol. The quantitative estimate of drug-likeness (QED) is 0.884. The molecule has 0 bridgehead atoms. The van der Waals surface area contributed by atoms with E-state index >= 15 is 0 Å². The number of anilines is 2. The summed E-state index contributed by atoms with van der Waals surface area (Å²) in [4.78, 5) is 2.38. The van der Waals surface area contributed by atoms with Crippen LogP contribution in [0.5, 0.6) is 0 Å². The van der Waals surface area contributed by atoms with Crippen LogP contribution in [0.4, 0.5) is 11.4 Å². The molecule has 1 aromatic rings. The molecule has 0 unspecified atom stereocenters. The van der Waals surface area contributed by atoms with Crippen LogP contribution in [0.2, 0.25) is 0 Å². The van der Waals surface area contributed by atoms with E-state index in [0.29, 0.717) is 6.54 Å². The van der Waals surface area contributed by atoms with Crippen LogP contribution in [0.1, 0.15) is 12.8 Å². The van der Waals surface area contributed by atoms with Gasteiger partial charge in [-0.2, -0.15) is 0 Å². The molecule has 1 heterocycles. The van der Waals surface area contributed by atoms with Crippen LogP contribution >= 0.6 is 0 Å². The third-order valence-corrected chi connectivity index (χ3v) is 4.09. The molecule has 100 valence electrons. The second-order valence-electron chi connectivity index (χ2n) is 4.80. The first kappa shape index (κ1) is 13.2. The summed E-state index contributed by atoms with van der Waals surface area (Å²) >= 11 is 0. The van der Waals surface area contributed by atoms with Gasteiger partial charge in [0.15, 0.2) is 0 Å². The zero-order valence-corrected chi connectivity index (χ0v) is 11.5. The van der Waals surface area contributed by atoms with E-state index in [0.717, 1.165) is 18.8 Å². The minimum atomic E-state index is -2.89. The monoisotopic (exact) mass is 268 g/mol. The van der Waals surface area contributed by atoms with Crippen molar-refractivity contribution in [1.29, 1.82) is 0 Å². The molecule has 0 radical (unpaired) electrons. The topological polar surface area (TPSA) is 49.4 Å². The number of rotatable bonds is 5. The fourth-order valence-electron chi connectivity index (χ4n) is 2.15. The largest absolute Gasteiger partial charge is 0.384 e. The van der Waals surface area contributed by atoms with Crippen LogP contribution < -0.4 is 10.2 Å². The van der Waals surface area contributed by atoms with Crippen molar-refractivity contribution >= 4 is 21.2 Å². The summed E-state index contributed by atoms with van der Waals surface area (Å²) in [6, 6.07) is 8.20. The number of benzene rings is 1. The number of hydrogen-bond donors (Lipinski definition) is 1. The Morgan fingerprint density at radius 2 is 1.78 bits per heavy atom. The van der Waals surface area contributed by atoms with Gasteiger partial charge in [0.1, 0.15) is 9.84 Å². The highest BCUT2D eigenvalue weighted by atomic mass is 32.2. The second kappa shape index (κ2) is 5.61. The molecule has 4 nitrogen and oxygen atoms in total. The molecule has 2 rings (SSSR count). The van der Waals surface area contributed by atoms with Gasteiger partial charge in [0.05, 0.1) is 5.75 Å². The average Bonchev–Trinajstić information content (AvgIpc) is 2.82. The van der Waals surface area contributed by atoms with E-state index in [1.165, 1.54) is 24.8 Å². The number of sulfone groups is 1. The number of nitrogens with one attached hydrogen (secondary N) is 1. The average molecular weight is 268 g/mol. The van der Waals surface area contributed by atoms with Gasteiger partial charge < -0.3 is 10.2 Å². The number of hydrogen-bond acceptors (Lipinski definition) is 4. The van der Waals surface area contributed by atoms with Crippen molar-refractivity contribution in [3.8, 4) is 0 Å². The van der Waals surface area contributed by atoms with Crippen molar-refractivity contribution in [3.05, 3.63) is 24.3 Å². The van der Waals surface area contributed by atoms with E-state index in [4.69, 9.17) is 0 Å². The summed E-state index contributed by atoms with van der Waals surface area (Å²) < 4.78 is 22.0. The first-order valence-corrected chi connectivity index (χ1v) is 8.37. The highest BCUT2D eigenvalue weighted by Gasteiger charge is 2.11. The Morgan fingerprint density at radius 1 is 1.17 bits per heavy atom. The van der Waals surface area contributed by atoms with Gasteiger partial charge in [-0.25, -0.2) is 8.42 Å². The Balaban J connectivity index is 1.87. The zero-order chi connectivity index (χ0) is 13.0. The highest BCUT2D eigenvalue weighted by molar-refractivity contribution is 7.90. The summed E-state index contributed by atoms with van der Waals surface area (Å²) in [5.41, 5.74) is 2.22. The Hall–Kier alpha value is -1.23. The smallest absolute Gasteiger partial charge is 0.149 e. The fourth-order valence-corrected chi connectivity index (χ4v) is 2.62. The van der Waals surface area contributed by atoms with Gasteiger partial charge in [-0.15, -0.1) is 0 Å². The summed E-state index contributed by atoms with van der Waals surface area (Å²) in [7, 11) is -2.89. The molecule has 0 atom stereocenters. The first-order valence-electron chi connectivity index (χ1n) is 6.31. The van der Waals surface area contributed by atoms with E-state index in [1.54, 1.807) is 0 Å². The van der Waals surface area contributed by atoms with E-state index in [-0.39, 0.29) is 5.75 Å². The first-order chi connectivity index (χ1) is 8.54. The summed E-state index contributed by atoms with van der Waals surface area (Å²) in [6.45, 7) is 2.74. The SMILES string of the molecule is CS(=O)(=O)CCNc1ccc(N2CCCC2)cc1. The molecule has 0 aliphatic carbocycles. The van der Waals surface area contributed by atoms with Crippen LogP contribution in [-0.4, -0.2) is 40.1 Å². The molecule has 1 N–H and O–H groups in total. The molecule has 0 amide bonds. The lowest BCUT2D eigenvalue weighted by molar-refractivity contribution is 0.602. The van der Waals surface area contributed by atoms with Crippen molar-refractivity contribution in [3.63, 3.8) is 0 Å². The third-order valence-electron chi connectivity index (χ3n) is 3.14. The molecule has 1 saturated heterocycles. The predicted molar refractivity (Wildman–Crippen MR) is 76.1 cm³/mol. The van der Waals surface area contributed by atoms with Gasteiger partial charge in [-0.1, -0.05) is 0 Å². The molecule has 1 aliphatic rings. The molecule has 0 saturated carbocycles. The highest BCUT2D eigenvalue weighted by Crippen LogP contribution is 2.21. The van der Waals surface area contributed by atoms with Gasteiger partial charge in [-0.3, -0.25) is 0 Å². The molecule has 18 heavy (non-hydrogen) atoms. The lowest BCUT2D eigenvalue weighted by Gasteiger charge is -2.17. The number of nitrogens with zero attached hydrogens (tertiary/aromatic N) is 1. The van der Waals surface area contributed by atoms with Crippen molar-refractivity contribution in [2.24, 2.45) is 0 Å². The van der Waals surface area contributed by atoms with Crippen molar-refractivity contribution in [2.45, 2.75) is 12.8 Å². The summed E-state index contributed by atoms with van der Waals surface area (Å²) in [6.07, 6.45) is 3.80. The van der Waals surface area contributed by atoms with Gasteiger partial charge in [-0.05, 0) is 37.1 Å². The summed E-state index contributed by atoms with van der Waals surface area (Å²) in [5.74, 6) is 0.168. The maximum Gasteiger partial charge on any atom is 0.149 e. The normalized spacial score (nSPS) is 15.9. The van der Waals surface area contributed by atoms with Crippen LogP contribution in [0.15, 0.2) is 24.3 Å². The molecular formula is C13H20N2O2S. The molecule has 1 aliphatic heterocycles. The van der Waals surface area contributed by atoms with Gasteiger partial charge in [0.2, 0.25) is 0 Å². The Bertz CT molecular complexity index is 476. The lowest BCUT2D eigenvalue weighted by Crippen LogP contribution is -2.17. The van der Waals surface area contributed by atoms with E-state index < -0.39 is 9.84 Å². The van der Waals surface area contributed by atoms with Crippen LogP contribution in [0, 0.1) is 0 Å². The second-order valence-corrected chi connectivity index (χ2v) is 7.06. The van der Waals surface area contributed by atoms with Crippen LogP contribution in [-0.2, 0) is 9.84 Å². The van der Waals surface area contributed by atoms with E-state index in [9.17, 15) is 8.42 Å². The maximum atomic E-state index is 11.0. The fraction of sp³-hybridized carbons (Fsp3) is 0.538. The molecule has 0 aromatic heterocycles. The zero-order valence-electron chi connectivity index (χ0n) is 10.7. The Morgan fingerprint density at radius 3 is 2.33 bits per heavy atom. The van der Waals surface area contributed by atoms with Crippen molar-refractivity contribution in [2.75, 3.05) is 41.9 Å². The van der Waals surface area contributed by atoms with Gasteiger partial charge in [0, 0.05) is 37.3 Å². The van der Waals surface area contributed by atoms with Crippen LogP contribution in [0.25, 0.3) is 0 Å². The molecule has 1 fully saturated rings. The maximum absolute atomic E-state index is 11.0. The molecule has 5 heteroatoms. The predicted octanol–water partition coefficient (Wildman–Crippen LogP) is 1.74. The molecule has 0 spiro atoms. The minimum absolute atomic E-state index is 0.168. The summed E-state index contributed by atoms with van der Waals surface area (Å²) in [5, 5.41) is 3.12. The minimum Gasteiger partial charge on any atom is -0.384 e. The van der Waals surface area contributed by atoms with Crippen molar-refractivity contribution in [1.82, 2.24) is 0 Å². The van der Waals surface area contributed by atoms with E-state index in [2.05, 4.69) is 22.3 Å². The van der Waals surface area contributed by atoms with Gasteiger partial charge in [0.25, 0.3) is 0 Å². The third kappa shape index (κ3) is 3.91. The standard InChI is InChI=1S/C13H20N2O2S/c1-18(16,17)11-8-14-12-4-6-13(7-5-12)15-9-2-3-10-15/h4-7,14H,2-3,8-11H2,1H3. The Kier molecular flexibility index (Phi) is 4.11. The van der Waals surface area contributed by atoms with Crippen LogP contribution in [0.3, 0.4) is 0 Å². The lowest BCUT2D eigenvalue weighted by atomic mass is 10.2. The Labute approximate surface area is 109 Å². The van der Waals surface area contributed by atoms with Crippen molar-refractivity contribution < 1.29 is 8.42 Å². The molecule has 1 aromatic carbocycles. The van der Waals surface area contributed by atoms with E-state index in [1.807, 2.05) is 12.1 Å².